The minimum Gasteiger partial charge on any atom is -0.390 e. The van der Waals surface area contributed by atoms with Gasteiger partial charge in [0.25, 0.3) is 0 Å². The van der Waals surface area contributed by atoms with Crippen LogP contribution in [0.2, 0.25) is 6.04 Å². The molecule has 0 unspecified atom stereocenters. The second-order valence-electron chi connectivity index (χ2n) is 2.60. The van der Waals surface area contributed by atoms with Crippen molar-refractivity contribution < 1.29 is 4.43 Å². The summed E-state index contributed by atoms with van der Waals surface area (Å²) < 4.78 is 4.98. The van der Waals surface area contributed by atoms with Gasteiger partial charge in [-0.05, 0) is 12.5 Å². The lowest BCUT2D eigenvalue weighted by atomic mass is 10.2. The predicted molar refractivity (Wildman–Crippen MR) is 55.8 cm³/mol. The molecule has 0 aliphatic heterocycles. The number of nitriles is 1. The number of alkyl halides is 2. The lowest BCUT2D eigenvalue weighted by Crippen LogP contribution is -2.01. The van der Waals surface area contributed by atoms with Crippen molar-refractivity contribution in [2.75, 3.05) is 0 Å². The highest BCUT2D eigenvalue weighted by Crippen LogP contribution is 2.07. The number of hydrogen-bond acceptors (Lipinski definition) is 2. The fraction of sp³-hybridized carbons (Fsp3) is 0.875. The van der Waals surface area contributed by atoms with Gasteiger partial charge < -0.3 is 4.43 Å². The van der Waals surface area contributed by atoms with E-state index in [9.17, 15) is 0 Å². The van der Waals surface area contributed by atoms with E-state index in [4.69, 9.17) is 32.9 Å². The summed E-state index contributed by atoms with van der Waals surface area (Å²) in [7, 11) is 0.396. The first-order chi connectivity index (χ1) is 6.27. The Balaban J connectivity index is 2.88. The molecule has 0 aliphatic rings. The van der Waals surface area contributed by atoms with Crippen LogP contribution in [0.25, 0.3) is 0 Å². The second kappa shape index (κ2) is 10.3. The third-order valence-corrected chi connectivity index (χ3v) is 2.93. The Bertz CT molecular complexity index is 150. The maximum atomic E-state index is 8.27. The van der Waals surface area contributed by atoms with Gasteiger partial charge in [-0.15, -0.1) is 0 Å². The van der Waals surface area contributed by atoms with E-state index in [-0.39, 0.29) is 0 Å². The van der Waals surface area contributed by atoms with Crippen LogP contribution in [0.5, 0.6) is 0 Å². The average Bonchev–Trinajstić information content (AvgIpc) is 2.09. The number of unbranched alkanes of at least 4 members (excludes halogenated alkanes) is 4. The summed E-state index contributed by atoms with van der Waals surface area (Å²) in [6, 6.07) is 3.14. The van der Waals surface area contributed by atoms with Gasteiger partial charge >= 0.3 is 0 Å². The fourth-order valence-corrected chi connectivity index (χ4v) is 1.89. The van der Waals surface area contributed by atoms with E-state index in [2.05, 4.69) is 6.07 Å². The van der Waals surface area contributed by atoms with E-state index < -0.39 is 5.02 Å². The standard InChI is InChI=1S/C8H13Cl2NOSi/c9-8(10)12-13-7-5-3-1-2-4-6-11/h8H,1-5,7H2. The maximum Gasteiger partial charge on any atom is 0.233 e. The van der Waals surface area contributed by atoms with Crippen molar-refractivity contribution in [2.24, 2.45) is 0 Å². The minimum atomic E-state index is -0.683. The van der Waals surface area contributed by atoms with Crippen LogP contribution in [0.1, 0.15) is 32.1 Å². The predicted octanol–water partition coefficient (Wildman–Crippen LogP) is 3.28. The van der Waals surface area contributed by atoms with Crippen molar-refractivity contribution in [3.63, 3.8) is 0 Å². The highest BCUT2D eigenvalue weighted by molar-refractivity contribution is 6.45. The molecule has 0 fully saturated rings. The lowest BCUT2D eigenvalue weighted by molar-refractivity contribution is 0.374. The van der Waals surface area contributed by atoms with E-state index in [1.165, 1.54) is 0 Å². The molecule has 0 atom stereocenters. The monoisotopic (exact) mass is 237 g/mol. The molecule has 0 saturated carbocycles. The van der Waals surface area contributed by atoms with E-state index in [1.807, 2.05) is 0 Å². The Labute approximate surface area is 92.1 Å². The maximum absolute atomic E-state index is 8.27. The van der Waals surface area contributed by atoms with Crippen LogP contribution in [-0.2, 0) is 4.43 Å². The molecule has 0 aromatic carbocycles. The largest absolute Gasteiger partial charge is 0.390 e. The Morgan fingerprint density at radius 2 is 1.92 bits per heavy atom. The van der Waals surface area contributed by atoms with Gasteiger partial charge in [0.15, 0.2) is 5.02 Å². The lowest BCUT2D eigenvalue weighted by Gasteiger charge is -2.01. The average molecular weight is 238 g/mol. The van der Waals surface area contributed by atoms with Gasteiger partial charge in [-0.2, -0.15) is 5.26 Å². The first-order valence-electron chi connectivity index (χ1n) is 4.31. The molecule has 5 heteroatoms. The van der Waals surface area contributed by atoms with Gasteiger partial charge in [-0.1, -0.05) is 42.5 Å². The topological polar surface area (TPSA) is 33.0 Å². The molecule has 0 saturated heterocycles. The third kappa shape index (κ3) is 12.2. The van der Waals surface area contributed by atoms with Crippen LogP contribution in [0.4, 0.5) is 0 Å². The molecule has 0 heterocycles. The summed E-state index contributed by atoms with van der Waals surface area (Å²) in [4.78, 5) is 0. The van der Waals surface area contributed by atoms with Crippen molar-refractivity contribution in [3.05, 3.63) is 0 Å². The van der Waals surface area contributed by atoms with Crippen LogP contribution in [0.15, 0.2) is 0 Å². The zero-order valence-electron chi connectivity index (χ0n) is 7.43. The molecule has 13 heavy (non-hydrogen) atoms. The molecule has 0 aromatic rings. The quantitative estimate of drug-likeness (QED) is 0.369. The summed E-state index contributed by atoms with van der Waals surface area (Å²) >= 11 is 10.7. The van der Waals surface area contributed by atoms with E-state index >= 15 is 0 Å². The van der Waals surface area contributed by atoms with Crippen molar-refractivity contribution in [1.29, 1.82) is 5.26 Å². The van der Waals surface area contributed by atoms with Crippen LogP contribution in [0.3, 0.4) is 0 Å². The molecule has 0 amide bonds. The number of rotatable bonds is 8. The molecule has 2 nitrogen and oxygen atoms in total. The zero-order chi connectivity index (χ0) is 9.94. The Morgan fingerprint density at radius 3 is 2.54 bits per heavy atom. The van der Waals surface area contributed by atoms with Gasteiger partial charge in [0.05, 0.1) is 6.07 Å². The number of hydrogen-bond donors (Lipinski definition) is 0. The minimum absolute atomic E-state index is 0.396. The SMILES string of the molecule is N#CCCCCCC[Si]OC(Cl)Cl. The molecule has 0 spiro atoms. The van der Waals surface area contributed by atoms with Gasteiger partial charge in [0, 0.05) is 6.42 Å². The zero-order valence-corrected chi connectivity index (χ0v) is 9.94. The number of halogens is 2. The first-order valence-corrected chi connectivity index (χ1v) is 6.30. The van der Waals surface area contributed by atoms with Crippen molar-refractivity contribution >= 4 is 33.0 Å². The third-order valence-electron chi connectivity index (χ3n) is 1.49. The second-order valence-corrected chi connectivity index (χ2v) is 4.64. The molecule has 0 aliphatic carbocycles. The van der Waals surface area contributed by atoms with Crippen LogP contribution >= 0.6 is 23.2 Å². The van der Waals surface area contributed by atoms with Gasteiger partial charge in [-0.25, -0.2) is 0 Å². The Kier molecular flexibility index (Phi) is 10.5. The molecular weight excluding hydrogens is 225 g/mol. The van der Waals surface area contributed by atoms with Crippen LogP contribution in [0, 0.1) is 11.3 Å². The highest BCUT2D eigenvalue weighted by Gasteiger charge is 1.98. The van der Waals surface area contributed by atoms with Crippen molar-refractivity contribution in [2.45, 2.75) is 43.2 Å². The number of nitrogens with zero attached hydrogens (tertiary/aromatic N) is 1. The molecule has 74 valence electrons. The van der Waals surface area contributed by atoms with Crippen LogP contribution < -0.4 is 0 Å². The Hall–Kier alpha value is 0.247. The molecular formula is C8H13Cl2NOSi. The van der Waals surface area contributed by atoms with E-state index in [1.54, 1.807) is 0 Å². The van der Waals surface area contributed by atoms with Gasteiger partial charge in [0.1, 0.15) is 0 Å². The summed E-state index contributed by atoms with van der Waals surface area (Å²) in [5.74, 6) is 0. The molecule has 0 bridgehead atoms. The van der Waals surface area contributed by atoms with E-state index in [0.717, 1.165) is 31.7 Å². The first kappa shape index (κ1) is 13.2. The Morgan fingerprint density at radius 1 is 1.23 bits per heavy atom. The summed E-state index contributed by atoms with van der Waals surface area (Å²) in [6.45, 7) is 0. The molecule has 0 aromatic heterocycles. The van der Waals surface area contributed by atoms with Crippen molar-refractivity contribution in [3.8, 4) is 6.07 Å². The fourth-order valence-electron chi connectivity index (χ4n) is 0.877. The van der Waals surface area contributed by atoms with E-state index in [0.29, 0.717) is 16.2 Å². The highest BCUT2D eigenvalue weighted by atomic mass is 35.5. The summed E-state index contributed by atoms with van der Waals surface area (Å²) in [5, 5.41) is 7.59. The van der Waals surface area contributed by atoms with Crippen molar-refractivity contribution in [1.82, 2.24) is 0 Å². The molecule has 0 N–H and O–H groups in total. The van der Waals surface area contributed by atoms with Crippen LogP contribution in [-0.4, -0.2) is 14.8 Å². The summed E-state index contributed by atoms with van der Waals surface area (Å²) in [6.07, 6.45) is 5.10. The normalized spacial score (nSPS) is 10.3. The van der Waals surface area contributed by atoms with Gasteiger partial charge in [0.2, 0.25) is 9.76 Å². The van der Waals surface area contributed by atoms with Gasteiger partial charge in [-0.3, -0.25) is 0 Å². The molecule has 0 rings (SSSR count). The smallest absolute Gasteiger partial charge is 0.233 e. The molecule has 2 radical (unpaired) electrons. The summed E-state index contributed by atoms with van der Waals surface area (Å²) in [5.41, 5.74) is 0.